The smallest absolute Gasteiger partial charge is 0.146 e. The van der Waals surface area contributed by atoms with Gasteiger partial charge in [-0.3, -0.25) is 0 Å². The first-order valence-corrected chi connectivity index (χ1v) is 6.24. The molecule has 0 atom stereocenters. The molecule has 2 rings (SSSR count). The molecule has 0 amide bonds. The highest BCUT2D eigenvalue weighted by Gasteiger charge is 2.08. The second kappa shape index (κ2) is 5.77. The Hall–Kier alpha value is -2.30. The first-order valence-electron chi connectivity index (χ1n) is 6.24. The molecule has 0 heterocycles. The zero-order valence-electron chi connectivity index (χ0n) is 11.3. The molecule has 5 heteroatoms. The monoisotopic (exact) mass is 278 g/mol. The predicted molar refractivity (Wildman–Crippen MR) is 76.3 cm³/mol. The molecule has 0 unspecified atom stereocenters. The summed E-state index contributed by atoms with van der Waals surface area (Å²) in [7, 11) is 0. The predicted octanol–water partition coefficient (Wildman–Crippen LogP) is 4.08. The molecule has 106 valence electrons. The number of anilines is 3. The maximum Gasteiger partial charge on any atom is 0.146 e. The third-order valence-electron chi connectivity index (χ3n) is 2.58. The highest BCUT2D eigenvalue weighted by atomic mass is 19.1. The molecular weight excluding hydrogens is 262 g/mol. The van der Waals surface area contributed by atoms with Crippen LogP contribution in [0.3, 0.4) is 0 Å². The van der Waals surface area contributed by atoms with Crippen LogP contribution in [0.5, 0.6) is 5.75 Å². The molecule has 0 radical (unpaired) electrons. The van der Waals surface area contributed by atoms with E-state index in [0.717, 1.165) is 18.2 Å². The van der Waals surface area contributed by atoms with Crippen LogP contribution in [0, 0.1) is 11.6 Å². The number of nitrogen functional groups attached to an aromatic ring is 1. The highest BCUT2D eigenvalue weighted by Crippen LogP contribution is 2.29. The summed E-state index contributed by atoms with van der Waals surface area (Å²) in [4.78, 5) is 0. The van der Waals surface area contributed by atoms with Gasteiger partial charge in [0.15, 0.2) is 0 Å². The molecule has 0 saturated heterocycles. The minimum atomic E-state index is -0.533. The van der Waals surface area contributed by atoms with Crippen molar-refractivity contribution in [3.8, 4) is 5.75 Å². The molecule has 0 aliphatic rings. The summed E-state index contributed by atoms with van der Waals surface area (Å²) < 4.78 is 32.2. The summed E-state index contributed by atoms with van der Waals surface area (Å²) in [5.41, 5.74) is 6.92. The van der Waals surface area contributed by atoms with E-state index in [4.69, 9.17) is 10.5 Å². The molecule has 0 bridgehead atoms. The molecule has 3 nitrogen and oxygen atoms in total. The van der Waals surface area contributed by atoms with Crippen molar-refractivity contribution in [2.75, 3.05) is 11.1 Å². The minimum absolute atomic E-state index is 0.0292. The van der Waals surface area contributed by atoms with E-state index in [9.17, 15) is 8.78 Å². The lowest BCUT2D eigenvalue weighted by Crippen LogP contribution is -2.07. The molecule has 0 fully saturated rings. The molecule has 0 spiro atoms. The Morgan fingerprint density at radius 2 is 1.85 bits per heavy atom. The van der Waals surface area contributed by atoms with Gasteiger partial charge in [-0.2, -0.15) is 0 Å². The Labute approximate surface area is 116 Å². The van der Waals surface area contributed by atoms with Gasteiger partial charge in [-0.25, -0.2) is 8.78 Å². The van der Waals surface area contributed by atoms with Crippen LogP contribution in [0.25, 0.3) is 0 Å². The van der Waals surface area contributed by atoms with Gasteiger partial charge in [0.1, 0.15) is 17.4 Å². The van der Waals surface area contributed by atoms with Crippen LogP contribution in [-0.2, 0) is 0 Å². The van der Waals surface area contributed by atoms with Gasteiger partial charge in [-0.15, -0.1) is 0 Å². The van der Waals surface area contributed by atoms with E-state index >= 15 is 0 Å². The Morgan fingerprint density at radius 3 is 2.55 bits per heavy atom. The average molecular weight is 278 g/mol. The number of ether oxygens (including phenoxy) is 1. The van der Waals surface area contributed by atoms with Gasteiger partial charge >= 0.3 is 0 Å². The fraction of sp³-hybridized carbons (Fsp3) is 0.200. The summed E-state index contributed by atoms with van der Waals surface area (Å²) in [6.07, 6.45) is -0.0292. The Bertz CT molecular complexity index is 615. The van der Waals surface area contributed by atoms with Crippen molar-refractivity contribution in [1.82, 2.24) is 0 Å². The van der Waals surface area contributed by atoms with Crippen molar-refractivity contribution in [2.24, 2.45) is 0 Å². The normalized spacial score (nSPS) is 10.7. The zero-order chi connectivity index (χ0) is 14.7. The number of hydrogen-bond donors (Lipinski definition) is 2. The summed E-state index contributed by atoms with van der Waals surface area (Å²) in [5.74, 6) is -0.542. The van der Waals surface area contributed by atoms with Gasteiger partial charge in [0.25, 0.3) is 0 Å². The number of nitrogens with two attached hydrogens (primary N) is 1. The number of rotatable bonds is 4. The van der Waals surface area contributed by atoms with Gasteiger partial charge in [0, 0.05) is 17.8 Å². The van der Waals surface area contributed by atoms with Crippen molar-refractivity contribution in [3.05, 3.63) is 48.0 Å². The van der Waals surface area contributed by atoms with Gasteiger partial charge < -0.3 is 15.8 Å². The molecule has 2 aromatic rings. The van der Waals surface area contributed by atoms with Crippen LogP contribution in [0.2, 0.25) is 0 Å². The molecule has 0 aromatic heterocycles. The lowest BCUT2D eigenvalue weighted by atomic mass is 10.2. The van der Waals surface area contributed by atoms with E-state index in [1.165, 1.54) is 0 Å². The molecule has 0 saturated carbocycles. The van der Waals surface area contributed by atoms with Crippen LogP contribution in [0.4, 0.5) is 25.8 Å². The van der Waals surface area contributed by atoms with Crippen molar-refractivity contribution < 1.29 is 13.5 Å². The quantitative estimate of drug-likeness (QED) is 0.828. The van der Waals surface area contributed by atoms with Crippen LogP contribution >= 0.6 is 0 Å². The van der Waals surface area contributed by atoms with Crippen molar-refractivity contribution >= 4 is 17.1 Å². The van der Waals surface area contributed by atoms with E-state index in [0.29, 0.717) is 17.1 Å². The van der Waals surface area contributed by atoms with Crippen molar-refractivity contribution in [1.29, 1.82) is 0 Å². The standard InChI is InChI=1S/C15H16F2N2O/c1-9(2)20-15-8-11(4-6-13(15)18)19-14-7-10(16)3-5-12(14)17/h3-9,19H,18H2,1-2H3. The van der Waals surface area contributed by atoms with Crippen molar-refractivity contribution in [3.63, 3.8) is 0 Å². The third-order valence-corrected chi connectivity index (χ3v) is 2.58. The van der Waals surface area contributed by atoms with Gasteiger partial charge in [-0.05, 0) is 38.1 Å². The molecule has 0 aliphatic carbocycles. The summed E-state index contributed by atoms with van der Waals surface area (Å²) >= 11 is 0. The van der Waals surface area contributed by atoms with Gasteiger partial charge in [0.05, 0.1) is 17.5 Å². The Balaban J connectivity index is 2.27. The number of halogens is 2. The molecule has 2 aromatic carbocycles. The SMILES string of the molecule is CC(C)Oc1cc(Nc2cc(F)ccc2F)ccc1N. The first kappa shape index (κ1) is 14.1. The lowest BCUT2D eigenvalue weighted by Gasteiger charge is -2.14. The third kappa shape index (κ3) is 3.38. The fourth-order valence-corrected chi connectivity index (χ4v) is 1.72. The topological polar surface area (TPSA) is 47.3 Å². The first-order chi connectivity index (χ1) is 9.45. The molecule has 3 N–H and O–H groups in total. The summed E-state index contributed by atoms with van der Waals surface area (Å²) in [6.45, 7) is 3.76. The van der Waals surface area contributed by atoms with E-state index in [1.54, 1.807) is 18.2 Å². The summed E-state index contributed by atoms with van der Waals surface area (Å²) in [5, 5.41) is 2.80. The second-order valence-electron chi connectivity index (χ2n) is 4.67. The van der Waals surface area contributed by atoms with E-state index < -0.39 is 11.6 Å². The van der Waals surface area contributed by atoms with Gasteiger partial charge in [0.2, 0.25) is 0 Å². The van der Waals surface area contributed by atoms with E-state index in [2.05, 4.69) is 5.32 Å². The highest BCUT2D eigenvalue weighted by molar-refractivity contribution is 5.67. The van der Waals surface area contributed by atoms with Crippen LogP contribution in [0.15, 0.2) is 36.4 Å². The summed E-state index contributed by atoms with van der Waals surface area (Å²) in [6, 6.07) is 8.20. The fourth-order valence-electron chi connectivity index (χ4n) is 1.72. The maximum absolute atomic E-state index is 13.6. The average Bonchev–Trinajstić information content (AvgIpc) is 2.37. The number of hydrogen-bond acceptors (Lipinski definition) is 3. The molecule has 0 aliphatic heterocycles. The van der Waals surface area contributed by atoms with Crippen LogP contribution in [-0.4, -0.2) is 6.10 Å². The maximum atomic E-state index is 13.6. The number of nitrogens with one attached hydrogen (secondary N) is 1. The lowest BCUT2D eigenvalue weighted by molar-refractivity contribution is 0.244. The van der Waals surface area contributed by atoms with Crippen molar-refractivity contribution in [2.45, 2.75) is 20.0 Å². The molecular formula is C15H16F2N2O. The largest absolute Gasteiger partial charge is 0.489 e. The Kier molecular flexibility index (Phi) is 4.08. The van der Waals surface area contributed by atoms with Gasteiger partial charge in [-0.1, -0.05) is 0 Å². The Morgan fingerprint density at radius 1 is 1.10 bits per heavy atom. The van der Waals surface area contributed by atoms with E-state index in [1.807, 2.05) is 13.8 Å². The number of benzene rings is 2. The zero-order valence-corrected chi connectivity index (χ0v) is 11.3. The molecule has 20 heavy (non-hydrogen) atoms. The second-order valence-corrected chi connectivity index (χ2v) is 4.67. The van der Waals surface area contributed by atoms with Crippen LogP contribution < -0.4 is 15.8 Å². The van der Waals surface area contributed by atoms with Crippen LogP contribution in [0.1, 0.15) is 13.8 Å². The minimum Gasteiger partial charge on any atom is -0.489 e. The van der Waals surface area contributed by atoms with E-state index in [-0.39, 0.29) is 11.8 Å².